The predicted octanol–water partition coefficient (Wildman–Crippen LogP) is 1.59. The molecule has 1 N–H and O–H groups in total. The first kappa shape index (κ1) is 12.7. The van der Waals surface area contributed by atoms with Gasteiger partial charge in [0, 0.05) is 12.4 Å². The van der Waals surface area contributed by atoms with Gasteiger partial charge in [-0.1, -0.05) is 0 Å². The molecule has 13 heavy (non-hydrogen) atoms. The summed E-state index contributed by atoms with van der Waals surface area (Å²) >= 11 is 7.02. The van der Waals surface area contributed by atoms with E-state index in [2.05, 4.69) is 10.3 Å². The summed E-state index contributed by atoms with van der Waals surface area (Å²) in [6.07, 6.45) is 0.345. The topological polar surface area (TPSA) is 42.0 Å². The van der Waals surface area contributed by atoms with E-state index in [1.807, 2.05) is 5.38 Å². The van der Waals surface area contributed by atoms with Crippen molar-refractivity contribution in [1.82, 2.24) is 10.3 Å². The molecule has 6 heteroatoms. The molecule has 0 saturated carbocycles. The number of hydrogen-bond donors (Lipinski definition) is 1. The molecule has 1 amide bonds. The van der Waals surface area contributed by atoms with Crippen LogP contribution in [0.4, 0.5) is 0 Å². The van der Waals surface area contributed by atoms with Crippen LogP contribution in [0, 0.1) is 0 Å². The van der Waals surface area contributed by atoms with E-state index in [1.165, 1.54) is 11.3 Å². The first-order valence-corrected chi connectivity index (χ1v) is 4.87. The minimum atomic E-state index is -0.0227. The third kappa shape index (κ3) is 3.93. The highest BCUT2D eigenvalue weighted by Crippen LogP contribution is 2.11. The fourth-order valence-electron chi connectivity index (χ4n) is 0.717. The number of rotatable bonds is 3. The number of aromatic nitrogens is 1. The standard InChI is InChI=1S/C7H9ClN2OS.ClH/c1-9-6(11)2-7-10-5(3-8)4-12-7;/h4H,2-3H2,1H3,(H,9,11);1H. The molecular formula is C7H10Cl2N2OS. The van der Waals surface area contributed by atoms with Crippen LogP contribution in [0.2, 0.25) is 0 Å². The van der Waals surface area contributed by atoms with Gasteiger partial charge in [0.25, 0.3) is 0 Å². The minimum Gasteiger partial charge on any atom is -0.359 e. The second-order valence-corrected chi connectivity index (χ2v) is 3.43. The average molecular weight is 241 g/mol. The van der Waals surface area contributed by atoms with E-state index in [9.17, 15) is 4.79 Å². The van der Waals surface area contributed by atoms with Crippen LogP contribution in [0.25, 0.3) is 0 Å². The van der Waals surface area contributed by atoms with Crippen molar-refractivity contribution in [3.63, 3.8) is 0 Å². The summed E-state index contributed by atoms with van der Waals surface area (Å²) in [6, 6.07) is 0. The zero-order valence-electron chi connectivity index (χ0n) is 7.04. The van der Waals surface area contributed by atoms with E-state index >= 15 is 0 Å². The van der Waals surface area contributed by atoms with Crippen molar-refractivity contribution < 1.29 is 4.79 Å². The number of amides is 1. The normalized spacial score (nSPS) is 9.08. The zero-order chi connectivity index (χ0) is 8.97. The van der Waals surface area contributed by atoms with E-state index in [0.717, 1.165) is 10.7 Å². The van der Waals surface area contributed by atoms with Crippen molar-refractivity contribution in [3.8, 4) is 0 Å². The van der Waals surface area contributed by atoms with Gasteiger partial charge in [0.1, 0.15) is 5.01 Å². The number of alkyl halides is 1. The van der Waals surface area contributed by atoms with Gasteiger partial charge in [-0.3, -0.25) is 4.79 Å². The van der Waals surface area contributed by atoms with Gasteiger partial charge in [0.05, 0.1) is 18.0 Å². The van der Waals surface area contributed by atoms with E-state index in [0.29, 0.717) is 12.3 Å². The minimum absolute atomic E-state index is 0. The van der Waals surface area contributed by atoms with Crippen molar-refractivity contribution in [1.29, 1.82) is 0 Å². The third-order valence-electron chi connectivity index (χ3n) is 1.33. The summed E-state index contributed by atoms with van der Waals surface area (Å²) in [4.78, 5) is 15.0. The van der Waals surface area contributed by atoms with Gasteiger partial charge < -0.3 is 5.32 Å². The number of likely N-dealkylation sites (N-methyl/N-ethyl adjacent to an activating group) is 1. The van der Waals surface area contributed by atoms with E-state index in [4.69, 9.17) is 11.6 Å². The van der Waals surface area contributed by atoms with E-state index in [-0.39, 0.29) is 18.3 Å². The number of halogens is 2. The van der Waals surface area contributed by atoms with Crippen molar-refractivity contribution in [2.24, 2.45) is 0 Å². The van der Waals surface area contributed by atoms with Crippen LogP contribution in [-0.4, -0.2) is 17.9 Å². The van der Waals surface area contributed by atoms with Gasteiger partial charge in [-0.2, -0.15) is 0 Å². The fourth-order valence-corrected chi connectivity index (χ4v) is 1.74. The van der Waals surface area contributed by atoms with Gasteiger partial charge in [0.2, 0.25) is 5.91 Å². The molecule has 1 heterocycles. The molecule has 0 aromatic carbocycles. The maximum absolute atomic E-state index is 10.9. The molecule has 0 radical (unpaired) electrons. The summed E-state index contributed by atoms with van der Waals surface area (Å²) in [5.41, 5.74) is 0.834. The maximum atomic E-state index is 10.9. The van der Waals surface area contributed by atoms with Gasteiger partial charge in [-0.15, -0.1) is 35.3 Å². The van der Waals surface area contributed by atoms with Crippen LogP contribution in [-0.2, 0) is 17.1 Å². The highest BCUT2D eigenvalue weighted by Gasteiger charge is 2.05. The Morgan fingerprint density at radius 1 is 1.77 bits per heavy atom. The highest BCUT2D eigenvalue weighted by molar-refractivity contribution is 7.09. The van der Waals surface area contributed by atoms with E-state index in [1.54, 1.807) is 7.05 Å². The predicted molar refractivity (Wildman–Crippen MR) is 56.7 cm³/mol. The lowest BCUT2D eigenvalue weighted by molar-refractivity contribution is -0.119. The third-order valence-corrected chi connectivity index (χ3v) is 2.50. The molecule has 1 aromatic rings. The Morgan fingerprint density at radius 3 is 2.92 bits per heavy atom. The van der Waals surface area contributed by atoms with Crippen LogP contribution < -0.4 is 5.32 Å². The second kappa shape index (κ2) is 6.18. The summed E-state index contributed by atoms with van der Waals surface area (Å²) in [6.45, 7) is 0. The van der Waals surface area contributed by atoms with Crippen LogP contribution >= 0.6 is 35.3 Å². The van der Waals surface area contributed by atoms with E-state index < -0.39 is 0 Å². The quantitative estimate of drug-likeness (QED) is 0.816. The number of carbonyl (C=O) groups is 1. The molecule has 3 nitrogen and oxygen atoms in total. The molecule has 0 aliphatic heterocycles. The molecule has 0 atom stereocenters. The molecule has 0 aliphatic carbocycles. The van der Waals surface area contributed by atoms with Crippen LogP contribution in [0.15, 0.2) is 5.38 Å². The fraction of sp³-hybridized carbons (Fsp3) is 0.429. The largest absolute Gasteiger partial charge is 0.359 e. The summed E-state index contributed by atoms with van der Waals surface area (Å²) in [5.74, 6) is 0.384. The Labute approximate surface area is 91.9 Å². The average Bonchev–Trinajstić information content (AvgIpc) is 2.52. The Morgan fingerprint density at radius 2 is 2.46 bits per heavy atom. The molecule has 0 aliphatic rings. The van der Waals surface area contributed by atoms with Crippen molar-refractivity contribution in [3.05, 3.63) is 16.1 Å². The molecule has 0 saturated heterocycles. The van der Waals surface area contributed by atoms with Crippen molar-refractivity contribution in [2.45, 2.75) is 12.3 Å². The van der Waals surface area contributed by atoms with Gasteiger partial charge in [-0.25, -0.2) is 4.98 Å². The lowest BCUT2D eigenvalue weighted by Gasteiger charge is -1.93. The molecular weight excluding hydrogens is 231 g/mol. The Bertz CT molecular complexity index is 277. The maximum Gasteiger partial charge on any atom is 0.226 e. The second-order valence-electron chi connectivity index (χ2n) is 2.22. The Balaban J connectivity index is 0.00000144. The first-order valence-electron chi connectivity index (χ1n) is 3.46. The van der Waals surface area contributed by atoms with Crippen LogP contribution in [0.5, 0.6) is 0 Å². The summed E-state index contributed by atoms with van der Waals surface area (Å²) < 4.78 is 0. The molecule has 1 rings (SSSR count). The van der Waals surface area contributed by atoms with Crippen LogP contribution in [0.3, 0.4) is 0 Å². The summed E-state index contributed by atoms with van der Waals surface area (Å²) in [7, 11) is 1.61. The number of hydrogen-bond acceptors (Lipinski definition) is 3. The Hall–Kier alpha value is -0.320. The van der Waals surface area contributed by atoms with Gasteiger partial charge >= 0.3 is 0 Å². The van der Waals surface area contributed by atoms with Gasteiger partial charge in [-0.05, 0) is 0 Å². The molecule has 0 fully saturated rings. The van der Waals surface area contributed by atoms with Gasteiger partial charge in [0.15, 0.2) is 0 Å². The lowest BCUT2D eigenvalue weighted by atomic mass is 10.4. The number of nitrogens with one attached hydrogen (secondary N) is 1. The summed E-state index contributed by atoms with van der Waals surface area (Å²) in [5, 5.41) is 5.21. The number of carbonyl (C=O) groups excluding carboxylic acids is 1. The Kier molecular flexibility index (Phi) is 6.03. The zero-order valence-corrected chi connectivity index (χ0v) is 9.43. The van der Waals surface area contributed by atoms with Crippen molar-refractivity contribution in [2.75, 3.05) is 7.05 Å². The van der Waals surface area contributed by atoms with Crippen molar-refractivity contribution >= 4 is 41.3 Å². The highest BCUT2D eigenvalue weighted by atomic mass is 35.5. The van der Waals surface area contributed by atoms with Crippen LogP contribution in [0.1, 0.15) is 10.7 Å². The number of nitrogens with zero attached hydrogens (tertiary/aromatic N) is 1. The smallest absolute Gasteiger partial charge is 0.226 e. The number of thiazole rings is 1. The molecule has 0 spiro atoms. The molecule has 0 bridgehead atoms. The lowest BCUT2D eigenvalue weighted by Crippen LogP contribution is -2.19. The first-order chi connectivity index (χ1) is 5.76. The monoisotopic (exact) mass is 240 g/mol. The molecule has 0 unspecified atom stereocenters. The molecule has 74 valence electrons. The molecule has 1 aromatic heterocycles. The SMILES string of the molecule is CNC(=O)Cc1nc(CCl)cs1.Cl.